The van der Waals surface area contributed by atoms with E-state index < -0.39 is 0 Å². The number of carbonyl (C=O) groups excluding carboxylic acids is 1. The summed E-state index contributed by atoms with van der Waals surface area (Å²) < 4.78 is 1.00. The molecule has 1 saturated heterocycles. The van der Waals surface area contributed by atoms with Crippen LogP contribution in [0.3, 0.4) is 0 Å². The number of aromatic amines is 1. The van der Waals surface area contributed by atoms with Crippen LogP contribution in [-0.4, -0.2) is 46.9 Å². The maximum atomic E-state index is 12.8. The lowest BCUT2D eigenvalue weighted by atomic mass is 10.1. The van der Waals surface area contributed by atoms with Gasteiger partial charge >= 0.3 is 0 Å². The van der Waals surface area contributed by atoms with Crippen molar-refractivity contribution >= 4 is 32.7 Å². The van der Waals surface area contributed by atoms with Crippen molar-refractivity contribution in [2.75, 3.05) is 26.2 Å². The quantitative estimate of drug-likeness (QED) is 0.698. The number of halogens is 1. The molecule has 0 aliphatic carbocycles. The number of nitrogens with zero attached hydrogens (tertiary/aromatic N) is 3. The second kappa shape index (κ2) is 7.55. The first-order valence-corrected chi connectivity index (χ1v) is 9.70. The van der Waals surface area contributed by atoms with Crippen LogP contribution in [0.25, 0.3) is 10.9 Å². The molecule has 27 heavy (non-hydrogen) atoms. The van der Waals surface area contributed by atoms with E-state index in [1.54, 1.807) is 0 Å². The molecule has 0 atom stereocenters. The molecule has 2 aromatic carbocycles. The first-order valence-electron chi connectivity index (χ1n) is 8.91. The van der Waals surface area contributed by atoms with Crippen molar-refractivity contribution < 1.29 is 4.79 Å². The van der Waals surface area contributed by atoms with Gasteiger partial charge in [-0.25, -0.2) is 0 Å². The lowest BCUT2D eigenvalue weighted by Crippen LogP contribution is -2.48. The normalized spacial score (nSPS) is 15.0. The molecule has 3 aromatic rings. The van der Waals surface area contributed by atoms with E-state index in [9.17, 15) is 4.79 Å². The summed E-state index contributed by atoms with van der Waals surface area (Å²) in [4.78, 5) is 20.3. The largest absolute Gasteiger partial charge is 0.351 e. The Morgan fingerprint density at radius 3 is 2.52 bits per heavy atom. The summed E-state index contributed by atoms with van der Waals surface area (Å²) in [7, 11) is 0. The zero-order valence-electron chi connectivity index (χ0n) is 14.8. The van der Waals surface area contributed by atoms with Crippen LogP contribution >= 0.6 is 15.9 Å². The fourth-order valence-corrected chi connectivity index (χ4v) is 3.82. The van der Waals surface area contributed by atoms with Gasteiger partial charge in [-0.15, -0.1) is 0 Å². The monoisotopic (exact) mass is 422 g/mol. The Labute approximate surface area is 166 Å². The molecule has 1 aromatic heterocycles. The van der Waals surface area contributed by atoms with E-state index >= 15 is 0 Å². The van der Waals surface area contributed by atoms with Crippen molar-refractivity contribution in [2.24, 2.45) is 0 Å². The molecular formula is C21H19BrN4O. The van der Waals surface area contributed by atoms with Crippen LogP contribution in [0.2, 0.25) is 0 Å². The topological polar surface area (TPSA) is 63.1 Å². The summed E-state index contributed by atoms with van der Waals surface area (Å²) in [5.74, 6) is 0.0559. The fraction of sp³-hybridized carbons (Fsp3) is 0.238. The summed E-state index contributed by atoms with van der Waals surface area (Å²) in [6.07, 6.45) is 0. The number of fused-ring (bicyclic) bond motifs is 1. The minimum atomic E-state index is 0.0559. The van der Waals surface area contributed by atoms with Gasteiger partial charge in [0.25, 0.3) is 5.91 Å². The van der Waals surface area contributed by atoms with Crippen molar-refractivity contribution in [3.8, 4) is 6.07 Å². The van der Waals surface area contributed by atoms with Gasteiger partial charge in [-0.1, -0.05) is 28.1 Å². The Balaban J connectivity index is 1.37. The van der Waals surface area contributed by atoms with E-state index in [0.29, 0.717) is 24.3 Å². The Morgan fingerprint density at radius 2 is 1.81 bits per heavy atom. The number of aromatic nitrogens is 1. The van der Waals surface area contributed by atoms with Gasteiger partial charge in [0.2, 0.25) is 0 Å². The highest BCUT2D eigenvalue weighted by molar-refractivity contribution is 9.10. The number of nitrogens with one attached hydrogen (secondary N) is 1. The van der Waals surface area contributed by atoms with Crippen LogP contribution in [0.5, 0.6) is 0 Å². The maximum Gasteiger partial charge on any atom is 0.270 e. The van der Waals surface area contributed by atoms with E-state index in [4.69, 9.17) is 5.26 Å². The Kier molecular flexibility index (Phi) is 4.97. The summed E-state index contributed by atoms with van der Waals surface area (Å²) in [6.45, 7) is 3.96. The molecular weight excluding hydrogens is 404 g/mol. The number of nitriles is 1. The number of amides is 1. The number of piperazine rings is 1. The SMILES string of the molecule is N#Cc1ccc(CN2CCN(C(=O)c3cc4cc(Br)ccc4[nH]3)CC2)cc1. The Hall–Kier alpha value is -2.62. The molecule has 0 saturated carbocycles. The highest BCUT2D eigenvalue weighted by Crippen LogP contribution is 2.21. The third-order valence-electron chi connectivity index (χ3n) is 4.96. The summed E-state index contributed by atoms with van der Waals surface area (Å²) >= 11 is 3.47. The highest BCUT2D eigenvalue weighted by atomic mass is 79.9. The van der Waals surface area contributed by atoms with E-state index in [1.165, 1.54) is 5.56 Å². The van der Waals surface area contributed by atoms with Crippen LogP contribution < -0.4 is 0 Å². The van der Waals surface area contributed by atoms with E-state index in [2.05, 4.69) is 31.9 Å². The smallest absolute Gasteiger partial charge is 0.270 e. The van der Waals surface area contributed by atoms with Crippen molar-refractivity contribution in [3.63, 3.8) is 0 Å². The van der Waals surface area contributed by atoms with Crippen LogP contribution in [0.4, 0.5) is 0 Å². The molecule has 0 spiro atoms. The molecule has 0 radical (unpaired) electrons. The summed E-state index contributed by atoms with van der Waals surface area (Å²) in [5.41, 5.74) is 3.49. The zero-order valence-corrected chi connectivity index (χ0v) is 16.4. The molecule has 0 bridgehead atoms. The average Bonchev–Trinajstić information content (AvgIpc) is 3.12. The maximum absolute atomic E-state index is 12.8. The van der Waals surface area contributed by atoms with Crippen molar-refractivity contribution in [1.29, 1.82) is 5.26 Å². The highest BCUT2D eigenvalue weighted by Gasteiger charge is 2.23. The molecule has 6 heteroatoms. The Bertz CT molecular complexity index is 1010. The molecule has 1 N–H and O–H groups in total. The van der Waals surface area contributed by atoms with Crippen LogP contribution in [-0.2, 0) is 6.54 Å². The van der Waals surface area contributed by atoms with E-state index in [0.717, 1.165) is 35.0 Å². The molecule has 1 fully saturated rings. The average molecular weight is 423 g/mol. The molecule has 4 rings (SSSR count). The predicted molar refractivity (Wildman–Crippen MR) is 108 cm³/mol. The second-order valence-electron chi connectivity index (χ2n) is 6.79. The van der Waals surface area contributed by atoms with Crippen LogP contribution in [0, 0.1) is 11.3 Å². The van der Waals surface area contributed by atoms with Gasteiger partial charge < -0.3 is 9.88 Å². The van der Waals surface area contributed by atoms with Gasteiger partial charge in [0.05, 0.1) is 11.6 Å². The third kappa shape index (κ3) is 3.90. The van der Waals surface area contributed by atoms with Gasteiger partial charge in [-0.2, -0.15) is 5.26 Å². The fourth-order valence-electron chi connectivity index (χ4n) is 3.44. The van der Waals surface area contributed by atoms with Crippen molar-refractivity contribution in [3.05, 3.63) is 69.8 Å². The van der Waals surface area contributed by atoms with Gasteiger partial charge in [-0.3, -0.25) is 9.69 Å². The number of hydrogen-bond donors (Lipinski definition) is 1. The van der Waals surface area contributed by atoms with E-state index in [1.807, 2.05) is 53.4 Å². The minimum absolute atomic E-state index is 0.0559. The first-order chi connectivity index (χ1) is 13.1. The third-order valence-corrected chi connectivity index (χ3v) is 5.46. The summed E-state index contributed by atoms with van der Waals surface area (Å²) in [6, 6.07) is 17.7. The van der Waals surface area contributed by atoms with Crippen LogP contribution in [0.1, 0.15) is 21.6 Å². The van der Waals surface area contributed by atoms with Crippen molar-refractivity contribution in [2.45, 2.75) is 6.54 Å². The lowest BCUT2D eigenvalue weighted by molar-refractivity contribution is 0.0623. The second-order valence-corrected chi connectivity index (χ2v) is 7.71. The lowest BCUT2D eigenvalue weighted by Gasteiger charge is -2.34. The van der Waals surface area contributed by atoms with Gasteiger partial charge in [-0.05, 0) is 42.0 Å². The zero-order chi connectivity index (χ0) is 18.8. The number of H-pyrrole nitrogens is 1. The molecule has 0 unspecified atom stereocenters. The van der Waals surface area contributed by atoms with Crippen molar-refractivity contribution in [1.82, 2.24) is 14.8 Å². The van der Waals surface area contributed by atoms with E-state index in [-0.39, 0.29) is 5.91 Å². The first kappa shape index (κ1) is 17.8. The molecule has 2 heterocycles. The predicted octanol–water partition coefficient (Wildman–Crippen LogP) is 3.76. The molecule has 1 amide bonds. The number of carbonyl (C=O) groups is 1. The number of hydrogen-bond acceptors (Lipinski definition) is 3. The number of benzene rings is 2. The standard InChI is InChI=1S/C21H19BrN4O/c22-18-5-6-19-17(11-18)12-20(24-19)21(27)26-9-7-25(8-10-26)14-16-3-1-15(13-23)2-4-16/h1-6,11-12,24H,7-10,14H2. The molecule has 136 valence electrons. The van der Waals surface area contributed by atoms with Gasteiger partial charge in [0.15, 0.2) is 0 Å². The molecule has 5 nitrogen and oxygen atoms in total. The van der Waals surface area contributed by atoms with Gasteiger partial charge in [0, 0.05) is 48.1 Å². The number of rotatable bonds is 3. The van der Waals surface area contributed by atoms with Gasteiger partial charge in [0.1, 0.15) is 5.69 Å². The summed E-state index contributed by atoms with van der Waals surface area (Å²) in [5, 5.41) is 9.92. The molecule has 1 aliphatic rings. The van der Waals surface area contributed by atoms with Crippen LogP contribution in [0.15, 0.2) is 53.0 Å². The Morgan fingerprint density at radius 1 is 1.07 bits per heavy atom. The molecule has 1 aliphatic heterocycles. The minimum Gasteiger partial charge on any atom is -0.351 e.